The molecule has 4 fully saturated rings. The monoisotopic (exact) mass is 251 g/mol. The van der Waals surface area contributed by atoms with Gasteiger partial charge in [-0.15, -0.1) is 0 Å². The maximum absolute atomic E-state index is 12.3. The van der Waals surface area contributed by atoms with Crippen LogP contribution < -0.4 is 5.48 Å². The van der Waals surface area contributed by atoms with Crippen LogP contribution in [-0.4, -0.2) is 11.5 Å². The molecular formula is C15H25NO2. The number of hydrogen-bond donors (Lipinski definition) is 1. The SMILES string of the molecule is CC(C)(C)ONC(=O)C1C2CC3CC(C2)CC1C3. The van der Waals surface area contributed by atoms with Crippen LogP contribution in [0.1, 0.15) is 52.9 Å². The van der Waals surface area contributed by atoms with Gasteiger partial charge in [-0.1, -0.05) is 0 Å². The van der Waals surface area contributed by atoms with Gasteiger partial charge in [0.1, 0.15) is 0 Å². The number of amides is 1. The summed E-state index contributed by atoms with van der Waals surface area (Å²) in [5.41, 5.74) is 2.41. The highest BCUT2D eigenvalue weighted by Gasteiger charge is 2.50. The van der Waals surface area contributed by atoms with Crippen molar-refractivity contribution in [2.24, 2.45) is 29.6 Å². The first kappa shape index (κ1) is 12.5. The molecule has 0 unspecified atom stereocenters. The predicted octanol–water partition coefficient (Wildman–Crippen LogP) is 2.91. The summed E-state index contributed by atoms with van der Waals surface area (Å²) in [7, 11) is 0. The first-order chi connectivity index (χ1) is 8.42. The van der Waals surface area contributed by atoms with E-state index >= 15 is 0 Å². The van der Waals surface area contributed by atoms with E-state index in [1.807, 2.05) is 20.8 Å². The molecule has 1 amide bonds. The molecule has 0 heterocycles. The molecule has 18 heavy (non-hydrogen) atoms. The van der Waals surface area contributed by atoms with Gasteiger partial charge in [0.2, 0.25) is 5.91 Å². The van der Waals surface area contributed by atoms with E-state index < -0.39 is 0 Å². The average Bonchev–Trinajstić information content (AvgIpc) is 2.23. The van der Waals surface area contributed by atoms with Gasteiger partial charge in [-0.05, 0) is 76.5 Å². The van der Waals surface area contributed by atoms with E-state index in [0.717, 1.165) is 11.8 Å². The second kappa shape index (κ2) is 4.22. The van der Waals surface area contributed by atoms with E-state index in [2.05, 4.69) is 5.48 Å². The lowest BCUT2D eigenvalue weighted by atomic mass is 9.52. The van der Waals surface area contributed by atoms with Gasteiger partial charge in [0.05, 0.1) is 5.60 Å². The molecule has 4 aliphatic carbocycles. The molecule has 0 spiro atoms. The van der Waals surface area contributed by atoms with E-state index in [9.17, 15) is 4.79 Å². The Morgan fingerprint density at radius 3 is 1.94 bits per heavy atom. The Bertz CT molecular complexity index is 317. The van der Waals surface area contributed by atoms with Gasteiger partial charge in [0, 0.05) is 5.92 Å². The Hall–Kier alpha value is -0.570. The molecule has 0 aliphatic heterocycles. The average molecular weight is 251 g/mol. The summed E-state index contributed by atoms with van der Waals surface area (Å²) >= 11 is 0. The fourth-order valence-corrected chi connectivity index (χ4v) is 4.62. The van der Waals surface area contributed by atoms with E-state index in [-0.39, 0.29) is 17.4 Å². The number of carbonyl (C=O) groups excluding carboxylic acids is 1. The van der Waals surface area contributed by atoms with Crippen molar-refractivity contribution in [1.29, 1.82) is 0 Å². The third-order valence-corrected chi connectivity index (χ3v) is 4.99. The van der Waals surface area contributed by atoms with Gasteiger partial charge < -0.3 is 0 Å². The lowest BCUT2D eigenvalue weighted by Gasteiger charge is -2.53. The molecule has 102 valence electrons. The van der Waals surface area contributed by atoms with Crippen molar-refractivity contribution >= 4 is 5.91 Å². The molecule has 4 rings (SSSR count). The van der Waals surface area contributed by atoms with Crippen LogP contribution in [0.15, 0.2) is 0 Å². The molecule has 0 saturated heterocycles. The number of carbonyl (C=O) groups is 1. The summed E-state index contributed by atoms with van der Waals surface area (Å²) in [4.78, 5) is 17.8. The number of hydroxylamine groups is 1. The van der Waals surface area contributed by atoms with Crippen LogP contribution in [0.25, 0.3) is 0 Å². The summed E-state index contributed by atoms with van der Waals surface area (Å²) in [6.45, 7) is 5.89. The van der Waals surface area contributed by atoms with Crippen molar-refractivity contribution in [3.05, 3.63) is 0 Å². The number of rotatable bonds is 2. The van der Waals surface area contributed by atoms with Crippen LogP contribution in [0.3, 0.4) is 0 Å². The van der Waals surface area contributed by atoms with Crippen molar-refractivity contribution in [3.8, 4) is 0 Å². The van der Waals surface area contributed by atoms with Crippen LogP contribution in [0, 0.1) is 29.6 Å². The topological polar surface area (TPSA) is 38.3 Å². The molecule has 3 heteroatoms. The van der Waals surface area contributed by atoms with Crippen LogP contribution in [0.4, 0.5) is 0 Å². The minimum Gasteiger partial charge on any atom is -0.272 e. The van der Waals surface area contributed by atoms with Crippen molar-refractivity contribution in [2.45, 2.75) is 58.5 Å². The molecular weight excluding hydrogens is 226 g/mol. The lowest BCUT2D eigenvalue weighted by Crippen LogP contribution is -2.51. The highest BCUT2D eigenvalue weighted by molar-refractivity contribution is 5.78. The maximum Gasteiger partial charge on any atom is 0.247 e. The molecule has 0 aromatic rings. The molecule has 0 radical (unpaired) electrons. The van der Waals surface area contributed by atoms with Gasteiger partial charge >= 0.3 is 0 Å². The highest BCUT2D eigenvalue weighted by atomic mass is 16.7. The first-order valence-electron chi connectivity index (χ1n) is 7.40. The third kappa shape index (κ3) is 2.29. The number of nitrogens with one attached hydrogen (secondary N) is 1. The predicted molar refractivity (Wildman–Crippen MR) is 69.5 cm³/mol. The molecule has 4 saturated carbocycles. The molecule has 0 atom stereocenters. The van der Waals surface area contributed by atoms with Gasteiger partial charge in [-0.2, -0.15) is 0 Å². The second-order valence-electron chi connectivity index (χ2n) is 7.64. The molecule has 4 aliphatic rings. The lowest BCUT2D eigenvalue weighted by molar-refractivity contribution is -0.161. The minimum absolute atomic E-state index is 0.138. The third-order valence-electron chi connectivity index (χ3n) is 4.99. The van der Waals surface area contributed by atoms with Crippen LogP contribution in [-0.2, 0) is 9.63 Å². The quantitative estimate of drug-likeness (QED) is 0.766. The van der Waals surface area contributed by atoms with Crippen molar-refractivity contribution in [2.75, 3.05) is 0 Å². The zero-order valence-electron chi connectivity index (χ0n) is 11.7. The summed E-state index contributed by atoms with van der Waals surface area (Å²) in [6, 6.07) is 0. The zero-order chi connectivity index (χ0) is 12.9. The fourth-order valence-electron chi connectivity index (χ4n) is 4.62. The van der Waals surface area contributed by atoms with Crippen molar-refractivity contribution in [3.63, 3.8) is 0 Å². The second-order valence-corrected chi connectivity index (χ2v) is 7.64. The smallest absolute Gasteiger partial charge is 0.247 e. The van der Waals surface area contributed by atoms with Crippen LogP contribution in [0.5, 0.6) is 0 Å². The summed E-state index contributed by atoms with van der Waals surface area (Å²) in [5.74, 6) is 3.45. The zero-order valence-corrected chi connectivity index (χ0v) is 11.7. The van der Waals surface area contributed by atoms with Crippen LogP contribution >= 0.6 is 0 Å². The maximum atomic E-state index is 12.3. The van der Waals surface area contributed by atoms with Gasteiger partial charge in [0.15, 0.2) is 0 Å². The van der Waals surface area contributed by atoms with Crippen molar-refractivity contribution < 1.29 is 9.63 Å². The summed E-state index contributed by atoms with van der Waals surface area (Å²) in [6.07, 6.45) is 6.54. The minimum atomic E-state index is -0.304. The molecule has 0 aromatic carbocycles. The Morgan fingerprint density at radius 1 is 1.00 bits per heavy atom. The first-order valence-corrected chi connectivity index (χ1v) is 7.40. The Balaban J connectivity index is 1.64. The number of hydrogen-bond acceptors (Lipinski definition) is 2. The summed E-state index contributed by atoms with van der Waals surface area (Å²) in [5, 5.41) is 0. The largest absolute Gasteiger partial charge is 0.272 e. The normalized spacial score (nSPS) is 42.1. The Morgan fingerprint density at radius 2 is 1.50 bits per heavy atom. The van der Waals surface area contributed by atoms with E-state index in [0.29, 0.717) is 11.8 Å². The molecule has 4 bridgehead atoms. The van der Waals surface area contributed by atoms with Crippen molar-refractivity contribution in [1.82, 2.24) is 5.48 Å². The van der Waals surface area contributed by atoms with Gasteiger partial charge in [0.25, 0.3) is 0 Å². The Kier molecular flexibility index (Phi) is 2.92. The Labute approximate surface area is 110 Å². The van der Waals surface area contributed by atoms with E-state index in [1.165, 1.54) is 32.1 Å². The summed E-state index contributed by atoms with van der Waals surface area (Å²) < 4.78 is 0. The standard InChI is InChI=1S/C15H25NO2/c1-15(2,3)18-16-14(17)13-11-5-9-4-10(7-11)8-12(13)6-9/h9-13H,4-8H2,1-3H3,(H,16,17). The molecule has 0 aromatic heterocycles. The van der Waals surface area contributed by atoms with Gasteiger partial charge in [-0.25, -0.2) is 5.48 Å². The molecule has 3 nitrogen and oxygen atoms in total. The van der Waals surface area contributed by atoms with Gasteiger partial charge in [-0.3, -0.25) is 9.63 Å². The van der Waals surface area contributed by atoms with Crippen LogP contribution in [0.2, 0.25) is 0 Å². The highest BCUT2D eigenvalue weighted by Crippen LogP contribution is 2.56. The van der Waals surface area contributed by atoms with E-state index in [4.69, 9.17) is 4.84 Å². The fraction of sp³-hybridized carbons (Fsp3) is 0.933. The molecule has 1 N–H and O–H groups in total. The van der Waals surface area contributed by atoms with E-state index in [1.54, 1.807) is 0 Å².